The van der Waals surface area contributed by atoms with Gasteiger partial charge in [0.2, 0.25) is 5.82 Å². The van der Waals surface area contributed by atoms with Gasteiger partial charge in [0, 0.05) is 66.1 Å². The lowest BCUT2D eigenvalue weighted by molar-refractivity contribution is -0.384. The lowest BCUT2D eigenvalue weighted by Crippen LogP contribution is -2.57. The van der Waals surface area contributed by atoms with E-state index in [0.29, 0.717) is 36.5 Å². The number of nitrogens with zero attached hydrogens (tertiary/aromatic N) is 5. The number of ether oxygens (including phenoxy) is 2. The molecule has 0 radical (unpaired) electrons. The number of hydrogen-bond donors (Lipinski definition) is 3. The molecular weight excluding hydrogens is 889 g/mol. The molecule has 1 atom stereocenters. The van der Waals surface area contributed by atoms with Crippen molar-refractivity contribution in [1.29, 1.82) is 0 Å². The van der Waals surface area contributed by atoms with Gasteiger partial charge in [0.25, 0.3) is 15.9 Å². The summed E-state index contributed by atoms with van der Waals surface area (Å²) in [6.07, 6.45) is 12.7. The summed E-state index contributed by atoms with van der Waals surface area (Å²) in [4.78, 5) is 41.5. The number of rotatable bonds is 12. The van der Waals surface area contributed by atoms with Gasteiger partial charge < -0.3 is 24.7 Å². The van der Waals surface area contributed by atoms with E-state index >= 15 is 0 Å². The van der Waals surface area contributed by atoms with Gasteiger partial charge in [0.05, 0.1) is 42.1 Å². The molecule has 0 bridgehead atoms. The fourth-order valence-electron chi connectivity index (χ4n) is 9.97. The third-order valence-corrected chi connectivity index (χ3v) is 15.9. The van der Waals surface area contributed by atoms with E-state index in [4.69, 9.17) is 9.47 Å². The van der Waals surface area contributed by atoms with Crippen LogP contribution in [-0.4, -0.2) is 84.5 Å². The number of morpholine rings is 1. The summed E-state index contributed by atoms with van der Waals surface area (Å²) in [7, 11) is -4.60. The van der Waals surface area contributed by atoms with Crippen molar-refractivity contribution in [3.05, 3.63) is 105 Å². The average Bonchev–Trinajstić information content (AvgIpc) is 3.73. The van der Waals surface area contributed by atoms with Crippen LogP contribution in [-0.2, 0) is 14.8 Å². The minimum absolute atomic E-state index is 0.0163. The Morgan fingerprint density at radius 2 is 1.79 bits per heavy atom. The molecular formula is C46H53BrN8O7S. The van der Waals surface area contributed by atoms with E-state index in [1.807, 2.05) is 12.1 Å². The Hall–Kier alpha value is -5.10. The number of carbonyl (C=O) groups is 1. The number of hydrogen-bond acceptors (Lipinski definition) is 12. The lowest BCUT2D eigenvalue weighted by atomic mass is 9.59. The van der Waals surface area contributed by atoms with Gasteiger partial charge in [-0.3, -0.25) is 19.8 Å². The van der Waals surface area contributed by atoms with Gasteiger partial charge >= 0.3 is 5.69 Å². The van der Waals surface area contributed by atoms with Crippen LogP contribution in [0, 0.1) is 26.9 Å². The van der Waals surface area contributed by atoms with Crippen LogP contribution in [0.15, 0.2) is 88.6 Å². The maximum Gasteiger partial charge on any atom is 0.312 e. The van der Waals surface area contributed by atoms with Crippen molar-refractivity contribution < 1.29 is 27.6 Å². The van der Waals surface area contributed by atoms with E-state index in [9.17, 15) is 23.3 Å². The molecule has 2 aromatic carbocycles. The van der Waals surface area contributed by atoms with Crippen LogP contribution in [0.2, 0.25) is 0 Å². The molecule has 15 nitrogen and oxygen atoms in total. The number of aromatic amines is 1. The van der Waals surface area contributed by atoms with Crippen molar-refractivity contribution in [3.63, 3.8) is 0 Å². The van der Waals surface area contributed by atoms with Crippen LogP contribution in [0.1, 0.15) is 87.2 Å². The topological polar surface area (TPSA) is 185 Å². The Morgan fingerprint density at radius 1 is 1.02 bits per heavy atom. The predicted molar refractivity (Wildman–Crippen MR) is 244 cm³/mol. The van der Waals surface area contributed by atoms with Crippen molar-refractivity contribution >= 4 is 60.1 Å². The molecule has 17 heteroatoms. The Labute approximate surface area is 375 Å². The van der Waals surface area contributed by atoms with Crippen molar-refractivity contribution in [1.82, 2.24) is 24.6 Å². The molecule has 2 aliphatic heterocycles. The normalized spacial score (nSPS) is 20.6. The van der Waals surface area contributed by atoms with Crippen LogP contribution >= 0.6 is 15.9 Å². The number of aromatic nitrogens is 3. The molecule has 5 heterocycles. The molecule has 3 aromatic heterocycles. The number of halogens is 1. The summed E-state index contributed by atoms with van der Waals surface area (Å²) in [5.41, 5.74) is 2.78. The summed E-state index contributed by atoms with van der Waals surface area (Å²) in [6.45, 7) is 8.93. The number of H-pyrrole nitrogens is 1. The number of piperidine rings is 1. The van der Waals surface area contributed by atoms with Gasteiger partial charge in [-0.25, -0.2) is 23.1 Å². The highest BCUT2D eigenvalue weighted by atomic mass is 79.9. The number of fused-ring (bicyclic) bond motifs is 1. The second kappa shape index (κ2) is 17.5. The highest BCUT2D eigenvalue weighted by Crippen LogP contribution is 2.53. The molecule has 3 N–H and O–H groups in total. The number of benzene rings is 2. The van der Waals surface area contributed by atoms with Crippen molar-refractivity contribution in [2.24, 2.45) is 16.7 Å². The summed E-state index contributed by atoms with van der Waals surface area (Å²) in [6, 6.07) is 18.8. The number of pyridine rings is 2. The first-order valence-electron chi connectivity index (χ1n) is 21.8. The van der Waals surface area contributed by atoms with Crippen LogP contribution in [0.25, 0.3) is 11.0 Å². The van der Waals surface area contributed by atoms with Crippen molar-refractivity contribution in [2.45, 2.75) is 82.2 Å². The Kier molecular flexibility index (Phi) is 12.0. The zero-order valence-electron chi connectivity index (χ0n) is 35.5. The van der Waals surface area contributed by atoms with Gasteiger partial charge in [-0.15, -0.1) is 0 Å². The number of nitro groups is 1. The van der Waals surface area contributed by atoms with Crippen LogP contribution in [0.5, 0.6) is 11.5 Å². The van der Waals surface area contributed by atoms with Crippen molar-refractivity contribution in [2.75, 3.05) is 49.6 Å². The van der Waals surface area contributed by atoms with Crippen LogP contribution in [0.3, 0.4) is 0 Å². The zero-order valence-corrected chi connectivity index (χ0v) is 37.9. The maximum atomic E-state index is 14.0. The number of amides is 1. The first-order chi connectivity index (χ1) is 30.2. The van der Waals surface area contributed by atoms with E-state index in [2.05, 4.69) is 82.8 Å². The van der Waals surface area contributed by atoms with Gasteiger partial charge in [0.15, 0.2) is 0 Å². The SMILES string of the molecule is CC1(C)CCC(CNc2ncc(S(=O)(=O)NC(=O)c3ccc(N4CCC5(CC4)CC(N4CCOC[C@@H]4c4ccccc4Br)C5)cc3Oc3cnc4[nH]ccc4c3)cc2[N+](=O)[O-])CC1. The van der Waals surface area contributed by atoms with Crippen LogP contribution in [0.4, 0.5) is 17.2 Å². The second-order valence-electron chi connectivity index (χ2n) is 18.5. The van der Waals surface area contributed by atoms with E-state index in [1.165, 1.54) is 11.8 Å². The zero-order chi connectivity index (χ0) is 43.9. The number of sulfonamides is 1. The molecule has 1 amide bonds. The van der Waals surface area contributed by atoms with E-state index in [-0.39, 0.29) is 34.0 Å². The lowest BCUT2D eigenvalue weighted by Gasteiger charge is -2.57. The quantitative estimate of drug-likeness (QED) is 0.0798. The smallest absolute Gasteiger partial charge is 0.312 e. The standard InChI is InChI=1S/C46H53BrN8O7S/c1-45(2)12-9-30(10-13-45)26-49-43-39(55(57)58)23-35(28-51-43)63(59,60)52-44(56)37-8-7-32(22-41(37)62-34-21-31-11-16-48-42(31)50-27-34)53-17-14-46(15-18-53)24-33(25-46)54-19-20-61-29-40(54)36-5-3-4-6-38(36)47/h3-8,11,16,21-23,27-28,30,33,40H,9-10,12-15,17-20,24-26,29H2,1-2H3,(H,48,50)(H,49,51)(H,52,56)/t40-/m1/s1. The third kappa shape index (κ3) is 9.29. The van der Waals surface area contributed by atoms with E-state index in [1.54, 1.807) is 30.5 Å². The highest BCUT2D eigenvalue weighted by molar-refractivity contribution is 9.10. The predicted octanol–water partition coefficient (Wildman–Crippen LogP) is 8.99. The Balaban J connectivity index is 0.899. The molecule has 4 aliphatic rings. The fourth-order valence-corrected chi connectivity index (χ4v) is 11.4. The Morgan fingerprint density at radius 3 is 2.56 bits per heavy atom. The number of anilines is 2. The molecule has 2 saturated carbocycles. The molecule has 1 spiro atoms. The van der Waals surface area contributed by atoms with Gasteiger partial charge in [-0.2, -0.15) is 0 Å². The first kappa shape index (κ1) is 43.2. The largest absolute Gasteiger partial charge is 0.455 e. The van der Waals surface area contributed by atoms with E-state index in [0.717, 1.165) is 105 Å². The maximum absolute atomic E-state index is 14.0. The summed E-state index contributed by atoms with van der Waals surface area (Å²) in [5.74, 6) is -0.152. The minimum Gasteiger partial charge on any atom is -0.455 e. The first-order valence-corrected chi connectivity index (χ1v) is 24.1. The molecule has 4 fully saturated rings. The fraction of sp³-hybridized carbons (Fsp3) is 0.457. The van der Waals surface area contributed by atoms with Gasteiger partial charge in [-0.05, 0) is 104 Å². The summed E-state index contributed by atoms with van der Waals surface area (Å²) >= 11 is 3.76. The highest BCUT2D eigenvalue weighted by Gasteiger charge is 2.49. The second-order valence-corrected chi connectivity index (χ2v) is 21.0. The monoisotopic (exact) mass is 940 g/mol. The summed E-state index contributed by atoms with van der Waals surface area (Å²) in [5, 5.41) is 16.0. The van der Waals surface area contributed by atoms with Gasteiger partial charge in [0.1, 0.15) is 22.0 Å². The van der Waals surface area contributed by atoms with Gasteiger partial charge in [-0.1, -0.05) is 48.0 Å². The molecule has 0 unspecified atom stereocenters. The molecule has 2 aliphatic carbocycles. The molecule has 5 aromatic rings. The Bertz CT molecular complexity index is 2610. The van der Waals surface area contributed by atoms with Crippen molar-refractivity contribution in [3.8, 4) is 11.5 Å². The molecule has 332 valence electrons. The number of nitrogens with one attached hydrogen (secondary N) is 3. The van der Waals surface area contributed by atoms with Crippen LogP contribution < -0.4 is 19.7 Å². The molecule has 2 saturated heterocycles. The third-order valence-electron chi connectivity index (χ3n) is 13.8. The minimum atomic E-state index is -4.60. The van der Waals surface area contributed by atoms with E-state index < -0.39 is 31.4 Å². The molecule has 9 rings (SSSR count). The molecule has 63 heavy (non-hydrogen) atoms. The number of carbonyl (C=O) groups excluding carboxylic acids is 1. The summed E-state index contributed by atoms with van der Waals surface area (Å²) < 4.78 is 42.9. The average molecular weight is 942 g/mol.